The van der Waals surface area contributed by atoms with Crippen LogP contribution in [0.3, 0.4) is 0 Å². The Morgan fingerprint density at radius 3 is 2.70 bits per heavy atom. The number of aromatic carboxylic acids is 1. The zero-order chi connectivity index (χ0) is 14.1. The van der Waals surface area contributed by atoms with Gasteiger partial charge in [-0.05, 0) is 41.1 Å². The van der Waals surface area contributed by atoms with Crippen LogP contribution in [0.1, 0.15) is 20.0 Å². The van der Waals surface area contributed by atoms with Crippen LogP contribution >= 0.6 is 22.7 Å². The summed E-state index contributed by atoms with van der Waals surface area (Å²) in [6, 6.07) is 8.74. The van der Waals surface area contributed by atoms with Crippen molar-refractivity contribution in [2.75, 3.05) is 5.32 Å². The zero-order valence-electron chi connectivity index (χ0n) is 10.1. The topological polar surface area (TPSA) is 66.4 Å². The van der Waals surface area contributed by atoms with Crippen molar-refractivity contribution in [3.05, 3.63) is 51.5 Å². The second kappa shape index (κ2) is 5.07. The summed E-state index contributed by atoms with van der Waals surface area (Å²) in [5, 5.41) is 16.2. The van der Waals surface area contributed by atoms with E-state index in [9.17, 15) is 9.59 Å². The van der Waals surface area contributed by atoms with Crippen molar-refractivity contribution in [1.82, 2.24) is 0 Å². The van der Waals surface area contributed by atoms with Crippen LogP contribution in [0.5, 0.6) is 0 Å². The molecule has 0 aliphatic heterocycles. The number of rotatable bonds is 3. The van der Waals surface area contributed by atoms with Crippen molar-refractivity contribution in [2.24, 2.45) is 0 Å². The Morgan fingerprint density at radius 1 is 1.15 bits per heavy atom. The molecule has 0 unspecified atom stereocenters. The first kappa shape index (κ1) is 12.8. The number of thiophene rings is 2. The molecule has 0 spiro atoms. The maximum atomic E-state index is 11.9. The van der Waals surface area contributed by atoms with Crippen LogP contribution < -0.4 is 5.32 Å². The molecule has 0 atom stereocenters. The van der Waals surface area contributed by atoms with Crippen LogP contribution in [0.15, 0.2) is 41.1 Å². The van der Waals surface area contributed by atoms with Crippen molar-refractivity contribution < 1.29 is 14.7 Å². The van der Waals surface area contributed by atoms with Crippen molar-refractivity contribution in [3.8, 4) is 0 Å². The average molecular weight is 303 g/mol. The van der Waals surface area contributed by atoms with Crippen LogP contribution in [0.25, 0.3) is 10.1 Å². The fourth-order valence-corrected chi connectivity index (χ4v) is 3.34. The summed E-state index contributed by atoms with van der Waals surface area (Å²) in [4.78, 5) is 23.2. The normalized spacial score (nSPS) is 10.6. The van der Waals surface area contributed by atoms with Gasteiger partial charge in [-0.3, -0.25) is 4.79 Å². The van der Waals surface area contributed by atoms with Gasteiger partial charge in [0.2, 0.25) is 0 Å². The zero-order valence-corrected chi connectivity index (χ0v) is 11.8. The molecule has 2 heterocycles. The largest absolute Gasteiger partial charge is 0.477 e. The van der Waals surface area contributed by atoms with E-state index in [0.29, 0.717) is 16.1 Å². The molecule has 2 aromatic heterocycles. The molecular weight excluding hydrogens is 294 g/mol. The van der Waals surface area contributed by atoms with E-state index in [1.165, 1.54) is 22.7 Å². The first-order valence-electron chi connectivity index (χ1n) is 5.74. The quantitative estimate of drug-likeness (QED) is 0.771. The molecule has 3 aromatic rings. The highest BCUT2D eigenvalue weighted by Crippen LogP contribution is 2.28. The van der Waals surface area contributed by atoms with E-state index in [4.69, 9.17) is 5.11 Å². The van der Waals surface area contributed by atoms with E-state index in [2.05, 4.69) is 5.32 Å². The summed E-state index contributed by atoms with van der Waals surface area (Å²) in [7, 11) is 0. The lowest BCUT2D eigenvalue weighted by molar-refractivity contribution is 0.0702. The maximum absolute atomic E-state index is 11.9. The molecule has 2 N–H and O–H groups in total. The van der Waals surface area contributed by atoms with Crippen molar-refractivity contribution >= 4 is 50.3 Å². The van der Waals surface area contributed by atoms with Gasteiger partial charge in [-0.25, -0.2) is 4.79 Å². The number of benzene rings is 1. The molecule has 20 heavy (non-hydrogen) atoms. The average Bonchev–Trinajstić information content (AvgIpc) is 3.07. The van der Waals surface area contributed by atoms with Gasteiger partial charge < -0.3 is 10.4 Å². The monoisotopic (exact) mass is 303 g/mol. The molecule has 0 aliphatic carbocycles. The second-order valence-corrected chi connectivity index (χ2v) is 6.00. The summed E-state index contributed by atoms with van der Waals surface area (Å²) in [5.74, 6) is -1.10. The van der Waals surface area contributed by atoms with E-state index in [1.807, 2.05) is 11.4 Å². The van der Waals surface area contributed by atoms with Crippen molar-refractivity contribution in [3.63, 3.8) is 0 Å². The fraction of sp³-hybridized carbons (Fsp3) is 0. The van der Waals surface area contributed by atoms with Crippen LogP contribution in [0, 0.1) is 0 Å². The van der Waals surface area contributed by atoms with Gasteiger partial charge in [-0.15, -0.1) is 11.3 Å². The van der Waals surface area contributed by atoms with Crippen LogP contribution in [-0.4, -0.2) is 17.0 Å². The Bertz CT molecular complexity index is 790. The van der Waals surface area contributed by atoms with Gasteiger partial charge in [0, 0.05) is 15.8 Å². The molecule has 3 rings (SSSR count). The fourth-order valence-electron chi connectivity index (χ4n) is 1.82. The lowest BCUT2D eigenvalue weighted by Gasteiger charge is -2.03. The van der Waals surface area contributed by atoms with E-state index in [0.717, 1.165) is 10.1 Å². The minimum absolute atomic E-state index is 0.167. The predicted octanol–water partition coefficient (Wildman–Crippen LogP) is 3.91. The van der Waals surface area contributed by atoms with E-state index < -0.39 is 5.97 Å². The van der Waals surface area contributed by atoms with Gasteiger partial charge in [0.15, 0.2) is 0 Å². The molecule has 1 aromatic carbocycles. The minimum Gasteiger partial charge on any atom is -0.477 e. The van der Waals surface area contributed by atoms with Crippen LogP contribution in [0.4, 0.5) is 5.69 Å². The predicted molar refractivity (Wildman–Crippen MR) is 81.1 cm³/mol. The number of amides is 1. The smallest absolute Gasteiger partial charge is 0.345 e. The molecule has 0 bridgehead atoms. The Hall–Kier alpha value is -2.18. The third kappa shape index (κ3) is 2.43. The first-order chi connectivity index (χ1) is 9.63. The van der Waals surface area contributed by atoms with E-state index in [1.54, 1.807) is 29.6 Å². The first-order valence-corrected chi connectivity index (χ1v) is 7.50. The molecule has 0 saturated heterocycles. The Balaban J connectivity index is 1.89. The minimum atomic E-state index is -0.935. The number of fused-ring (bicyclic) bond motifs is 1. The van der Waals surface area contributed by atoms with Gasteiger partial charge in [0.1, 0.15) is 4.88 Å². The summed E-state index contributed by atoms with van der Waals surface area (Å²) < 4.78 is 0.885. The molecule has 0 aliphatic rings. The molecule has 100 valence electrons. The molecule has 0 saturated carbocycles. The number of anilines is 1. The number of hydrogen-bond donors (Lipinski definition) is 2. The third-order valence-electron chi connectivity index (χ3n) is 2.77. The van der Waals surface area contributed by atoms with Gasteiger partial charge >= 0.3 is 5.97 Å². The summed E-state index contributed by atoms with van der Waals surface area (Å²) in [6.45, 7) is 0. The highest BCUT2D eigenvalue weighted by Gasteiger charge is 2.10. The number of carboxylic acids is 1. The SMILES string of the molecule is O=C(Nc1ccc2sc(C(=O)O)cc2c1)c1ccsc1. The van der Waals surface area contributed by atoms with E-state index in [-0.39, 0.29) is 5.91 Å². The van der Waals surface area contributed by atoms with Crippen LogP contribution in [-0.2, 0) is 0 Å². The van der Waals surface area contributed by atoms with Crippen molar-refractivity contribution in [1.29, 1.82) is 0 Å². The molecule has 1 amide bonds. The standard InChI is InChI=1S/C14H9NO3S2/c16-13(8-3-4-19-7-8)15-10-1-2-11-9(5-10)6-12(20-11)14(17)18/h1-7H,(H,15,16)(H,17,18). The Labute approximate surface area is 122 Å². The number of hydrogen-bond acceptors (Lipinski definition) is 4. The summed E-state index contributed by atoms with van der Waals surface area (Å²) in [5.41, 5.74) is 1.27. The van der Waals surface area contributed by atoms with E-state index >= 15 is 0 Å². The third-order valence-corrected chi connectivity index (χ3v) is 4.56. The van der Waals surface area contributed by atoms with Gasteiger partial charge in [-0.2, -0.15) is 11.3 Å². The summed E-state index contributed by atoms with van der Waals surface area (Å²) in [6.07, 6.45) is 0. The second-order valence-electron chi connectivity index (χ2n) is 4.13. The lowest BCUT2D eigenvalue weighted by Crippen LogP contribution is -2.10. The molecule has 0 fully saturated rings. The number of nitrogens with one attached hydrogen (secondary N) is 1. The molecule has 0 radical (unpaired) electrons. The van der Waals surface area contributed by atoms with Crippen LogP contribution in [0.2, 0.25) is 0 Å². The molecular formula is C14H9NO3S2. The molecule has 4 nitrogen and oxygen atoms in total. The Morgan fingerprint density at radius 2 is 2.00 bits per heavy atom. The van der Waals surface area contributed by atoms with Gasteiger partial charge in [0.25, 0.3) is 5.91 Å². The Kier molecular flexibility index (Phi) is 3.25. The lowest BCUT2D eigenvalue weighted by atomic mass is 10.2. The number of carboxylic acid groups (broad SMARTS) is 1. The van der Waals surface area contributed by atoms with Gasteiger partial charge in [0.05, 0.1) is 5.56 Å². The molecule has 6 heteroatoms. The highest BCUT2D eigenvalue weighted by atomic mass is 32.1. The number of carbonyl (C=O) groups is 2. The summed E-state index contributed by atoms with van der Waals surface area (Å²) >= 11 is 2.68. The van der Waals surface area contributed by atoms with Crippen molar-refractivity contribution in [2.45, 2.75) is 0 Å². The highest BCUT2D eigenvalue weighted by molar-refractivity contribution is 7.20. The van der Waals surface area contributed by atoms with Gasteiger partial charge in [-0.1, -0.05) is 0 Å². The number of carbonyl (C=O) groups excluding carboxylic acids is 1. The maximum Gasteiger partial charge on any atom is 0.345 e.